The van der Waals surface area contributed by atoms with Gasteiger partial charge in [0.1, 0.15) is 0 Å². The number of hydrogen-bond donors (Lipinski definition) is 2. The van der Waals surface area contributed by atoms with Crippen molar-refractivity contribution in [3.8, 4) is 0 Å². The number of para-hydroxylation sites is 1. The summed E-state index contributed by atoms with van der Waals surface area (Å²) in [7, 11) is 1.68. The number of methoxy groups -OCH3 is 1. The minimum Gasteiger partial charge on any atom is -0.380 e. The largest absolute Gasteiger partial charge is 0.380 e. The summed E-state index contributed by atoms with van der Waals surface area (Å²) in [5.41, 5.74) is 8.00. The van der Waals surface area contributed by atoms with Gasteiger partial charge in [-0.3, -0.25) is 9.89 Å². The molecule has 6 nitrogen and oxygen atoms in total. The molecule has 6 heteroatoms. The zero-order valence-electron chi connectivity index (χ0n) is 15.0. The van der Waals surface area contributed by atoms with Crippen molar-refractivity contribution >= 4 is 11.6 Å². The molecule has 0 aliphatic carbocycles. The van der Waals surface area contributed by atoms with Crippen LogP contribution in [0.2, 0.25) is 0 Å². The van der Waals surface area contributed by atoms with E-state index in [0.717, 1.165) is 37.3 Å². The first-order valence-corrected chi connectivity index (χ1v) is 8.60. The molecule has 3 N–H and O–H groups in total. The number of morpholine rings is 1. The number of anilines is 1. The Bertz CT molecular complexity index is 526. The van der Waals surface area contributed by atoms with Crippen LogP contribution in [0.4, 0.5) is 5.69 Å². The topological polar surface area (TPSA) is 72.1 Å². The number of ether oxygens (including phenoxy) is 2. The fraction of sp³-hybridized carbons (Fsp3) is 0.611. The first-order chi connectivity index (χ1) is 11.6. The standard InChI is InChI=1S/C18H30N4O2/c1-14-11-22(12-15(2)24-14)10-6-9-20-18(19)21-17-8-5-4-7-16(17)13-23-3/h4-5,7-8,14-15H,6,9-13H2,1-3H3,(H3,19,20,21). The van der Waals surface area contributed by atoms with Crippen LogP contribution in [0.5, 0.6) is 0 Å². The molecule has 0 radical (unpaired) electrons. The zero-order chi connectivity index (χ0) is 17.4. The van der Waals surface area contributed by atoms with Crippen molar-refractivity contribution in [1.82, 2.24) is 4.90 Å². The SMILES string of the molecule is COCc1ccccc1NC(N)=NCCCN1CC(C)OC(C)C1. The minimum atomic E-state index is 0.307. The third-order valence-corrected chi connectivity index (χ3v) is 3.99. The number of nitrogens with two attached hydrogens (primary N) is 1. The molecule has 1 aromatic rings. The van der Waals surface area contributed by atoms with Gasteiger partial charge >= 0.3 is 0 Å². The average molecular weight is 334 g/mol. The molecule has 134 valence electrons. The number of aliphatic imine (C=N–C) groups is 1. The maximum Gasteiger partial charge on any atom is 0.193 e. The van der Waals surface area contributed by atoms with Crippen LogP contribution in [0, 0.1) is 0 Å². The number of hydrogen-bond acceptors (Lipinski definition) is 4. The van der Waals surface area contributed by atoms with Gasteiger partial charge in [-0.2, -0.15) is 0 Å². The maximum absolute atomic E-state index is 6.00. The Kier molecular flexibility index (Phi) is 7.49. The fourth-order valence-corrected chi connectivity index (χ4v) is 3.06. The Balaban J connectivity index is 1.76. The summed E-state index contributed by atoms with van der Waals surface area (Å²) < 4.78 is 10.9. The minimum absolute atomic E-state index is 0.307. The predicted molar refractivity (Wildman–Crippen MR) is 98.3 cm³/mol. The van der Waals surface area contributed by atoms with Crippen LogP contribution in [0.15, 0.2) is 29.3 Å². The highest BCUT2D eigenvalue weighted by molar-refractivity contribution is 5.92. The van der Waals surface area contributed by atoms with E-state index in [9.17, 15) is 0 Å². The van der Waals surface area contributed by atoms with Gasteiger partial charge in [-0.05, 0) is 26.3 Å². The Morgan fingerprint density at radius 1 is 1.33 bits per heavy atom. The molecular formula is C18H30N4O2. The van der Waals surface area contributed by atoms with Gasteiger partial charge in [0.25, 0.3) is 0 Å². The quantitative estimate of drug-likeness (QED) is 0.454. The summed E-state index contributed by atoms with van der Waals surface area (Å²) in [6.07, 6.45) is 1.60. The van der Waals surface area contributed by atoms with E-state index in [0.29, 0.717) is 31.3 Å². The first-order valence-electron chi connectivity index (χ1n) is 8.60. The van der Waals surface area contributed by atoms with Gasteiger partial charge in [0, 0.05) is 44.5 Å². The van der Waals surface area contributed by atoms with Crippen molar-refractivity contribution in [3.63, 3.8) is 0 Å². The van der Waals surface area contributed by atoms with Gasteiger partial charge in [-0.25, -0.2) is 0 Å². The summed E-state index contributed by atoms with van der Waals surface area (Å²) in [4.78, 5) is 6.86. The van der Waals surface area contributed by atoms with Crippen LogP contribution in [0.1, 0.15) is 25.8 Å². The molecule has 2 atom stereocenters. The Labute approximate surface area is 145 Å². The molecule has 0 amide bonds. The summed E-state index contributed by atoms with van der Waals surface area (Å²) in [5.74, 6) is 0.447. The van der Waals surface area contributed by atoms with Crippen molar-refractivity contribution < 1.29 is 9.47 Å². The number of benzene rings is 1. The van der Waals surface area contributed by atoms with Gasteiger partial charge in [0.15, 0.2) is 5.96 Å². The fourth-order valence-electron chi connectivity index (χ4n) is 3.06. The van der Waals surface area contributed by atoms with Gasteiger partial charge < -0.3 is 20.5 Å². The highest BCUT2D eigenvalue weighted by Gasteiger charge is 2.21. The lowest BCUT2D eigenvalue weighted by atomic mass is 10.2. The van der Waals surface area contributed by atoms with E-state index in [4.69, 9.17) is 15.2 Å². The molecule has 24 heavy (non-hydrogen) atoms. The summed E-state index contributed by atoms with van der Waals surface area (Å²) in [5, 5.41) is 3.16. The molecule has 2 unspecified atom stereocenters. The normalized spacial score (nSPS) is 22.5. The van der Waals surface area contributed by atoms with Gasteiger partial charge in [0.2, 0.25) is 0 Å². The van der Waals surface area contributed by atoms with E-state index in [1.165, 1.54) is 0 Å². The molecule has 1 saturated heterocycles. The van der Waals surface area contributed by atoms with Crippen molar-refractivity contribution in [2.75, 3.05) is 38.6 Å². The van der Waals surface area contributed by atoms with Crippen LogP contribution in [0.3, 0.4) is 0 Å². The molecular weight excluding hydrogens is 304 g/mol. The number of rotatable bonds is 7. The van der Waals surface area contributed by atoms with Crippen LogP contribution >= 0.6 is 0 Å². The molecule has 1 aromatic carbocycles. The lowest BCUT2D eigenvalue weighted by molar-refractivity contribution is -0.0679. The molecule has 0 saturated carbocycles. The number of nitrogens with zero attached hydrogens (tertiary/aromatic N) is 2. The Morgan fingerprint density at radius 3 is 2.75 bits per heavy atom. The van der Waals surface area contributed by atoms with Crippen molar-refractivity contribution in [3.05, 3.63) is 29.8 Å². The smallest absolute Gasteiger partial charge is 0.193 e. The van der Waals surface area contributed by atoms with E-state index in [-0.39, 0.29) is 0 Å². The zero-order valence-corrected chi connectivity index (χ0v) is 15.0. The summed E-state index contributed by atoms with van der Waals surface area (Å²) in [6, 6.07) is 7.94. The average Bonchev–Trinajstić information content (AvgIpc) is 2.53. The van der Waals surface area contributed by atoms with Gasteiger partial charge in [0.05, 0.1) is 18.8 Å². The third kappa shape index (κ3) is 6.11. The van der Waals surface area contributed by atoms with Crippen LogP contribution in [-0.2, 0) is 16.1 Å². The monoisotopic (exact) mass is 334 g/mol. The molecule has 1 heterocycles. The second-order valence-corrected chi connectivity index (χ2v) is 6.35. The first kappa shape index (κ1) is 18.7. The van der Waals surface area contributed by atoms with Gasteiger partial charge in [-0.1, -0.05) is 18.2 Å². The van der Waals surface area contributed by atoms with Crippen LogP contribution in [0.25, 0.3) is 0 Å². The molecule has 1 aliphatic heterocycles. The lowest BCUT2D eigenvalue weighted by Gasteiger charge is -2.35. The molecule has 0 bridgehead atoms. The predicted octanol–water partition coefficient (Wildman–Crippen LogP) is 2.06. The number of guanidine groups is 1. The molecule has 0 spiro atoms. The van der Waals surface area contributed by atoms with E-state index >= 15 is 0 Å². The molecule has 1 fully saturated rings. The van der Waals surface area contributed by atoms with Gasteiger partial charge in [-0.15, -0.1) is 0 Å². The van der Waals surface area contributed by atoms with Crippen molar-refractivity contribution in [2.45, 2.75) is 39.1 Å². The van der Waals surface area contributed by atoms with Crippen molar-refractivity contribution in [2.24, 2.45) is 10.7 Å². The molecule has 2 rings (SSSR count). The molecule has 1 aliphatic rings. The van der Waals surface area contributed by atoms with Crippen LogP contribution < -0.4 is 11.1 Å². The number of nitrogens with one attached hydrogen (secondary N) is 1. The van der Waals surface area contributed by atoms with E-state index in [1.54, 1.807) is 7.11 Å². The van der Waals surface area contributed by atoms with E-state index in [2.05, 4.69) is 29.1 Å². The highest BCUT2D eigenvalue weighted by Crippen LogP contribution is 2.15. The van der Waals surface area contributed by atoms with Crippen molar-refractivity contribution in [1.29, 1.82) is 0 Å². The summed E-state index contributed by atoms with van der Waals surface area (Å²) >= 11 is 0. The molecule has 0 aromatic heterocycles. The summed E-state index contributed by atoms with van der Waals surface area (Å²) in [6.45, 7) is 8.52. The third-order valence-electron chi connectivity index (χ3n) is 3.99. The van der Waals surface area contributed by atoms with E-state index < -0.39 is 0 Å². The Morgan fingerprint density at radius 2 is 2.04 bits per heavy atom. The van der Waals surface area contributed by atoms with E-state index in [1.807, 2.05) is 24.3 Å². The highest BCUT2D eigenvalue weighted by atomic mass is 16.5. The second-order valence-electron chi connectivity index (χ2n) is 6.35. The van der Waals surface area contributed by atoms with Crippen LogP contribution in [-0.4, -0.2) is 56.4 Å². The second kappa shape index (κ2) is 9.61. The lowest BCUT2D eigenvalue weighted by Crippen LogP contribution is -2.45. The maximum atomic E-state index is 6.00. The Hall–Kier alpha value is -1.63.